The Morgan fingerprint density at radius 3 is 2.12 bits per heavy atom. The molecular weight excluding hydrogens is 402 g/mol. The molecule has 1 aromatic rings. The number of hydrogen-bond donors (Lipinski definition) is 0. The number of rotatable bonds is 9. The monoisotopic (exact) mass is 444 g/mol. The van der Waals surface area contributed by atoms with Crippen molar-refractivity contribution in [1.29, 1.82) is 0 Å². The van der Waals surface area contributed by atoms with Crippen LogP contribution in [-0.2, 0) is 0 Å². The summed E-state index contributed by atoms with van der Waals surface area (Å²) >= 11 is 0. The van der Waals surface area contributed by atoms with E-state index in [1.54, 1.807) is 6.07 Å². The smallest absolute Gasteiger partial charge is 0.201 e. The van der Waals surface area contributed by atoms with Crippen LogP contribution >= 0.6 is 0 Å². The molecule has 0 unspecified atom stereocenters. The Hall–Kier alpha value is -1.56. The summed E-state index contributed by atoms with van der Waals surface area (Å²) in [6.45, 7) is 4.80. The van der Waals surface area contributed by atoms with Crippen molar-refractivity contribution < 1.29 is 13.5 Å². The van der Waals surface area contributed by atoms with Crippen molar-refractivity contribution in [3.05, 3.63) is 29.3 Å². The summed E-state index contributed by atoms with van der Waals surface area (Å²) in [6.07, 6.45) is 17.4. The van der Waals surface area contributed by atoms with Gasteiger partial charge in [0.05, 0.1) is 12.2 Å². The first-order chi connectivity index (χ1) is 15.6. The van der Waals surface area contributed by atoms with Crippen LogP contribution in [-0.4, -0.2) is 6.61 Å². The molecule has 0 spiro atoms. The highest BCUT2D eigenvalue weighted by molar-refractivity contribution is 5.41. The van der Waals surface area contributed by atoms with E-state index in [4.69, 9.17) is 4.74 Å². The molecule has 0 atom stereocenters. The highest BCUT2D eigenvalue weighted by atomic mass is 19.2. The minimum atomic E-state index is -0.911. The second-order valence-electron chi connectivity index (χ2n) is 10.1. The maximum Gasteiger partial charge on any atom is 0.201 e. The van der Waals surface area contributed by atoms with E-state index < -0.39 is 11.6 Å². The standard InChI is InChI=1S/C29H42F2O/c1-3-5-7-21-32-27-20-19-26(28(30)29(27)31)18-13-23-11-16-25(17-12-23)24-14-9-22(10-15-24)8-6-4-2/h19-20,22-25H,3-12,14-17,21H2,1-2H3. The van der Waals surface area contributed by atoms with Crippen molar-refractivity contribution >= 4 is 0 Å². The lowest BCUT2D eigenvalue weighted by molar-refractivity contribution is 0.153. The zero-order valence-electron chi connectivity index (χ0n) is 20.2. The topological polar surface area (TPSA) is 9.23 Å². The van der Waals surface area contributed by atoms with Crippen LogP contribution in [0.25, 0.3) is 0 Å². The number of unbranched alkanes of at least 4 members (excludes halogenated alkanes) is 3. The average molecular weight is 445 g/mol. The van der Waals surface area contributed by atoms with E-state index in [1.807, 2.05) is 0 Å². The first-order valence-electron chi connectivity index (χ1n) is 13.2. The van der Waals surface area contributed by atoms with Gasteiger partial charge in [-0.3, -0.25) is 0 Å². The normalized spacial score (nSPS) is 25.8. The molecule has 0 N–H and O–H groups in total. The van der Waals surface area contributed by atoms with Crippen LogP contribution in [0.15, 0.2) is 12.1 Å². The molecule has 2 aliphatic rings. The molecule has 0 saturated heterocycles. The maximum atomic E-state index is 14.4. The van der Waals surface area contributed by atoms with Crippen LogP contribution in [0, 0.1) is 47.1 Å². The summed E-state index contributed by atoms with van der Waals surface area (Å²) in [7, 11) is 0. The lowest BCUT2D eigenvalue weighted by Gasteiger charge is -2.37. The van der Waals surface area contributed by atoms with Gasteiger partial charge in [-0.25, -0.2) is 4.39 Å². The molecule has 0 amide bonds. The summed E-state index contributed by atoms with van der Waals surface area (Å²) in [6, 6.07) is 3.07. The molecule has 0 heterocycles. The highest BCUT2D eigenvalue weighted by Gasteiger charge is 2.30. The zero-order valence-corrected chi connectivity index (χ0v) is 20.2. The molecule has 2 fully saturated rings. The van der Waals surface area contributed by atoms with Crippen LogP contribution in [0.3, 0.4) is 0 Å². The van der Waals surface area contributed by atoms with Gasteiger partial charge >= 0.3 is 0 Å². The van der Waals surface area contributed by atoms with E-state index in [1.165, 1.54) is 63.9 Å². The van der Waals surface area contributed by atoms with Crippen LogP contribution in [0.5, 0.6) is 5.75 Å². The number of hydrogen-bond acceptors (Lipinski definition) is 1. The molecule has 32 heavy (non-hydrogen) atoms. The fourth-order valence-electron chi connectivity index (χ4n) is 5.63. The molecule has 3 rings (SSSR count). The summed E-state index contributed by atoms with van der Waals surface area (Å²) in [4.78, 5) is 0. The molecule has 0 aromatic heterocycles. The quantitative estimate of drug-likeness (QED) is 0.273. The second-order valence-corrected chi connectivity index (χ2v) is 10.1. The number of ether oxygens (including phenoxy) is 1. The SMILES string of the molecule is CCCCCOc1ccc(C#CC2CCC(C3CCC(CCCC)CC3)CC2)c(F)c1F. The van der Waals surface area contributed by atoms with Crippen LogP contribution in [0.4, 0.5) is 8.78 Å². The Morgan fingerprint density at radius 2 is 1.47 bits per heavy atom. The third-order valence-electron chi connectivity index (χ3n) is 7.76. The zero-order chi connectivity index (χ0) is 22.8. The van der Waals surface area contributed by atoms with Crippen LogP contribution in [0.1, 0.15) is 109 Å². The van der Waals surface area contributed by atoms with Crippen LogP contribution in [0.2, 0.25) is 0 Å². The van der Waals surface area contributed by atoms with E-state index >= 15 is 0 Å². The first kappa shape index (κ1) is 25.1. The summed E-state index contributed by atoms with van der Waals surface area (Å²) in [5.41, 5.74) is 0.149. The highest BCUT2D eigenvalue weighted by Crippen LogP contribution is 2.42. The molecule has 3 heteroatoms. The van der Waals surface area contributed by atoms with Crippen molar-refractivity contribution in [1.82, 2.24) is 0 Å². The Balaban J connectivity index is 1.46. The van der Waals surface area contributed by atoms with Crippen molar-refractivity contribution in [3.8, 4) is 17.6 Å². The lowest BCUT2D eigenvalue weighted by Crippen LogP contribution is -2.25. The predicted molar refractivity (Wildman–Crippen MR) is 129 cm³/mol. The Morgan fingerprint density at radius 1 is 0.812 bits per heavy atom. The van der Waals surface area contributed by atoms with Gasteiger partial charge < -0.3 is 4.74 Å². The fourth-order valence-corrected chi connectivity index (χ4v) is 5.63. The lowest BCUT2D eigenvalue weighted by atomic mass is 9.69. The molecule has 178 valence electrons. The third kappa shape index (κ3) is 7.23. The Bertz CT molecular complexity index is 746. The van der Waals surface area contributed by atoms with E-state index in [0.717, 1.165) is 49.9 Å². The molecule has 2 aliphatic carbocycles. The summed E-state index contributed by atoms with van der Waals surface area (Å²) < 4.78 is 34.2. The summed E-state index contributed by atoms with van der Waals surface area (Å²) in [5, 5.41) is 0. The summed E-state index contributed by atoms with van der Waals surface area (Å²) in [5.74, 6) is 7.40. The Kier molecular flexibility index (Phi) is 10.4. The van der Waals surface area contributed by atoms with E-state index in [-0.39, 0.29) is 11.3 Å². The number of benzene rings is 1. The maximum absolute atomic E-state index is 14.4. The van der Waals surface area contributed by atoms with Gasteiger partial charge in [0, 0.05) is 5.92 Å². The van der Waals surface area contributed by atoms with E-state index in [9.17, 15) is 8.78 Å². The van der Waals surface area contributed by atoms with Crippen molar-refractivity contribution in [2.24, 2.45) is 23.7 Å². The minimum absolute atomic E-state index is 0.00548. The molecule has 1 aromatic carbocycles. The number of halogens is 2. The van der Waals surface area contributed by atoms with Gasteiger partial charge in [-0.2, -0.15) is 4.39 Å². The van der Waals surface area contributed by atoms with Gasteiger partial charge in [-0.15, -0.1) is 0 Å². The molecule has 0 aliphatic heterocycles. The van der Waals surface area contributed by atoms with Crippen molar-refractivity contribution in [2.45, 2.75) is 104 Å². The van der Waals surface area contributed by atoms with Gasteiger partial charge in [-0.1, -0.05) is 70.6 Å². The molecule has 0 bridgehead atoms. The first-order valence-corrected chi connectivity index (χ1v) is 13.2. The van der Waals surface area contributed by atoms with Gasteiger partial charge in [-0.05, 0) is 74.8 Å². The van der Waals surface area contributed by atoms with Gasteiger partial charge in [0.25, 0.3) is 0 Å². The van der Waals surface area contributed by atoms with E-state index in [0.29, 0.717) is 12.5 Å². The molecule has 0 radical (unpaired) electrons. The predicted octanol–water partition coefficient (Wildman–Crippen LogP) is 8.69. The third-order valence-corrected chi connectivity index (χ3v) is 7.76. The van der Waals surface area contributed by atoms with Crippen molar-refractivity contribution in [2.75, 3.05) is 6.61 Å². The fraction of sp³-hybridized carbons (Fsp3) is 0.724. The van der Waals surface area contributed by atoms with E-state index in [2.05, 4.69) is 25.7 Å². The minimum Gasteiger partial charge on any atom is -0.490 e. The second kappa shape index (κ2) is 13.2. The largest absolute Gasteiger partial charge is 0.490 e. The molecular formula is C29H42F2O. The molecule has 2 saturated carbocycles. The van der Waals surface area contributed by atoms with Gasteiger partial charge in [0.2, 0.25) is 5.82 Å². The van der Waals surface area contributed by atoms with Gasteiger partial charge in [0.1, 0.15) is 0 Å². The average Bonchev–Trinajstić information content (AvgIpc) is 2.83. The Labute approximate surface area is 194 Å². The van der Waals surface area contributed by atoms with Gasteiger partial charge in [0.15, 0.2) is 11.6 Å². The molecule has 1 nitrogen and oxygen atoms in total. The van der Waals surface area contributed by atoms with Crippen LogP contribution < -0.4 is 4.74 Å². The van der Waals surface area contributed by atoms with Crippen molar-refractivity contribution in [3.63, 3.8) is 0 Å².